The van der Waals surface area contributed by atoms with Gasteiger partial charge in [-0.25, -0.2) is 0 Å². The van der Waals surface area contributed by atoms with Crippen molar-refractivity contribution in [3.8, 4) is 0 Å². The van der Waals surface area contributed by atoms with Crippen LogP contribution >= 0.6 is 0 Å². The van der Waals surface area contributed by atoms with E-state index in [0.29, 0.717) is 18.4 Å². The number of carbonyl (C=O) groups is 4. The lowest BCUT2D eigenvalue weighted by molar-refractivity contribution is -0.149. The van der Waals surface area contributed by atoms with Crippen molar-refractivity contribution in [2.75, 3.05) is 5.32 Å². The number of ether oxygens (including phenoxy) is 2. The van der Waals surface area contributed by atoms with E-state index in [1.807, 2.05) is 43.4 Å². The van der Waals surface area contributed by atoms with Crippen molar-refractivity contribution in [2.45, 2.75) is 83.0 Å². The van der Waals surface area contributed by atoms with Crippen molar-refractivity contribution in [3.05, 3.63) is 53.6 Å². The predicted octanol–water partition coefficient (Wildman–Crippen LogP) is 3.61. The summed E-state index contributed by atoms with van der Waals surface area (Å²) in [5.41, 5.74) is 0.122. The highest BCUT2D eigenvalue weighted by atomic mass is 16.6. The van der Waals surface area contributed by atoms with Gasteiger partial charge in [0.1, 0.15) is 16.8 Å². The Bertz CT molecular complexity index is 1420. The number of carbonyl (C=O) groups excluding carboxylic acids is 4. The maximum absolute atomic E-state index is 14.4. The standard InChI is InChI=1S/C32H36N2O6/c1-16-8-7-10-20-27-30(4,39-27)18(3)25-22(15-31-19-9-5-6-11-21(19)34-29(31)40-31)33-28(38)32(20,25)24(36)13-12-23(35)26(37)17(2)14-16/h5-7,9-11,14,16,18,20,22,25,27,29,34H,8,12-13,15H2,1-4H3,(H,33,38). The first-order valence-corrected chi connectivity index (χ1v) is 14.5. The molecule has 0 aromatic heterocycles. The van der Waals surface area contributed by atoms with E-state index in [4.69, 9.17) is 9.47 Å². The molecule has 7 rings (SSSR count). The van der Waals surface area contributed by atoms with Crippen molar-refractivity contribution in [1.82, 2.24) is 5.32 Å². The van der Waals surface area contributed by atoms with Gasteiger partial charge in [0.25, 0.3) is 0 Å². The van der Waals surface area contributed by atoms with E-state index >= 15 is 0 Å². The molecule has 10 atom stereocenters. The van der Waals surface area contributed by atoms with Crippen LogP contribution in [0.2, 0.25) is 0 Å². The molecule has 1 amide bonds. The van der Waals surface area contributed by atoms with Gasteiger partial charge in [-0.05, 0) is 43.7 Å². The number of hydrogen-bond acceptors (Lipinski definition) is 7. The Kier molecular flexibility index (Phi) is 5.46. The molecule has 40 heavy (non-hydrogen) atoms. The van der Waals surface area contributed by atoms with Crippen LogP contribution in [0.15, 0.2) is 48.1 Å². The number of allylic oxidation sites excluding steroid dienone is 3. The number of amides is 1. The highest BCUT2D eigenvalue weighted by Crippen LogP contribution is 2.68. The van der Waals surface area contributed by atoms with E-state index in [1.165, 1.54) is 0 Å². The van der Waals surface area contributed by atoms with Gasteiger partial charge >= 0.3 is 0 Å². The summed E-state index contributed by atoms with van der Waals surface area (Å²) in [5, 5.41) is 6.68. The van der Waals surface area contributed by atoms with E-state index in [1.54, 1.807) is 6.92 Å². The number of hydrogen-bond donors (Lipinski definition) is 2. The Labute approximate surface area is 233 Å². The number of para-hydroxylation sites is 1. The highest BCUT2D eigenvalue weighted by molar-refractivity contribution is 6.43. The summed E-state index contributed by atoms with van der Waals surface area (Å²) in [6, 6.07) is 7.74. The summed E-state index contributed by atoms with van der Waals surface area (Å²) < 4.78 is 12.6. The third-order valence-electron chi connectivity index (χ3n) is 10.8. The third kappa shape index (κ3) is 3.32. The average Bonchev–Trinajstić information content (AvgIpc) is 3.75. The summed E-state index contributed by atoms with van der Waals surface area (Å²) >= 11 is 0. The molecule has 4 heterocycles. The first-order valence-electron chi connectivity index (χ1n) is 14.5. The number of nitrogens with one attached hydrogen (secondary N) is 2. The zero-order chi connectivity index (χ0) is 28.2. The van der Waals surface area contributed by atoms with Gasteiger partial charge in [0.15, 0.2) is 6.23 Å². The van der Waals surface area contributed by atoms with Gasteiger partial charge in [0.05, 0.1) is 11.7 Å². The average molecular weight is 545 g/mol. The topological polar surface area (TPSA) is 117 Å². The zero-order valence-corrected chi connectivity index (χ0v) is 23.4. The number of Topliss-reactive ketones (excluding diaryl/α,β-unsaturated/α-hetero) is 3. The SMILES string of the molecule is CC1=CC(C)CC=CC2C3OC3(C)C(C)C3C(CC45OC4Nc4ccccc45)NC(=O)C23C(=O)CCC(=O)C1=O. The van der Waals surface area contributed by atoms with Crippen LogP contribution in [0.1, 0.15) is 58.9 Å². The van der Waals surface area contributed by atoms with Gasteiger partial charge in [-0.15, -0.1) is 0 Å². The molecule has 2 N–H and O–H groups in total. The summed E-state index contributed by atoms with van der Waals surface area (Å²) in [6.07, 6.45) is 6.21. The molecule has 4 aliphatic heterocycles. The molecule has 8 heteroatoms. The molecule has 1 aromatic rings. The molecule has 8 nitrogen and oxygen atoms in total. The van der Waals surface area contributed by atoms with E-state index in [9.17, 15) is 19.2 Å². The Morgan fingerprint density at radius 1 is 1.02 bits per heavy atom. The Morgan fingerprint density at radius 2 is 1.80 bits per heavy atom. The number of anilines is 1. The molecular weight excluding hydrogens is 508 g/mol. The van der Waals surface area contributed by atoms with Crippen molar-refractivity contribution < 1.29 is 28.7 Å². The second-order valence-corrected chi connectivity index (χ2v) is 13.0. The van der Waals surface area contributed by atoms with E-state index in [-0.39, 0.29) is 60.7 Å². The van der Waals surface area contributed by atoms with Gasteiger partial charge in [-0.3, -0.25) is 19.2 Å². The second kappa shape index (κ2) is 8.46. The van der Waals surface area contributed by atoms with Crippen molar-refractivity contribution >= 4 is 28.9 Å². The molecule has 0 radical (unpaired) electrons. The number of benzene rings is 1. The molecule has 210 valence electrons. The zero-order valence-electron chi connectivity index (χ0n) is 23.4. The minimum Gasteiger partial charge on any atom is -0.365 e. The summed E-state index contributed by atoms with van der Waals surface area (Å²) in [6.45, 7) is 7.82. The van der Waals surface area contributed by atoms with Gasteiger partial charge in [-0.1, -0.05) is 50.3 Å². The number of fused-ring (bicyclic) bond motifs is 5. The van der Waals surface area contributed by atoms with Crippen molar-refractivity contribution in [1.29, 1.82) is 0 Å². The monoisotopic (exact) mass is 544 g/mol. The van der Waals surface area contributed by atoms with Crippen LogP contribution < -0.4 is 10.6 Å². The lowest BCUT2D eigenvalue weighted by Gasteiger charge is -2.46. The normalized spacial score (nSPS) is 45.3. The Morgan fingerprint density at radius 3 is 2.60 bits per heavy atom. The first kappa shape index (κ1) is 25.8. The lowest BCUT2D eigenvalue weighted by atomic mass is 9.51. The van der Waals surface area contributed by atoms with Crippen LogP contribution in [0.3, 0.4) is 0 Å². The molecule has 1 spiro atoms. The van der Waals surface area contributed by atoms with Crippen LogP contribution in [0.25, 0.3) is 0 Å². The maximum Gasteiger partial charge on any atom is 0.235 e. The summed E-state index contributed by atoms with van der Waals surface area (Å²) in [4.78, 5) is 54.2. The van der Waals surface area contributed by atoms with Gasteiger partial charge in [0, 0.05) is 48.4 Å². The quantitative estimate of drug-likeness (QED) is 0.253. The number of rotatable bonds is 2. The predicted molar refractivity (Wildman–Crippen MR) is 146 cm³/mol. The summed E-state index contributed by atoms with van der Waals surface area (Å²) in [7, 11) is 0. The van der Waals surface area contributed by atoms with Crippen LogP contribution in [0.4, 0.5) is 5.69 Å². The third-order valence-corrected chi connectivity index (χ3v) is 10.8. The molecule has 10 unspecified atom stereocenters. The van der Waals surface area contributed by atoms with E-state index in [0.717, 1.165) is 11.3 Å². The van der Waals surface area contributed by atoms with Crippen LogP contribution in [0, 0.1) is 29.1 Å². The van der Waals surface area contributed by atoms with Gasteiger partial charge < -0.3 is 20.1 Å². The number of epoxide rings is 2. The lowest BCUT2D eigenvalue weighted by Crippen LogP contribution is -2.58. The Balaban J connectivity index is 1.30. The van der Waals surface area contributed by atoms with Crippen LogP contribution in [-0.2, 0) is 34.3 Å². The first-order chi connectivity index (χ1) is 19.0. The molecule has 2 aliphatic carbocycles. The second-order valence-electron chi connectivity index (χ2n) is 13.0. The van der Waals surface area contributed by atoms with Crippen LogP contribution in [0.5, 0.6) is 0 Å². The molecule has 0 bridgehead atoms. The molecule has 6 aliphatic rings. The fourth-order valence-corrected chi connectivity index (χ4v) is 8.54. The van der Waals surface area contributed by atoms with Crippen molar-refractivity contribution in [2.24, 2.45) is 29.1 Å². The van der Waals surface area contributed by atoms with Gasteiger partial charge in [0.2, 0.25) is 17.5 Å². The fraction of sp³-hybridized carbons (Fsp3) is 0.562. The largest absolute Gasteiger partial charge is 0.365 e. The van der Waals surface area contributed by atoms with Crippen LogP contribution in [-0.4, -0.2) is 47.2 Å². The molecular formula is C32H36N2O6. The molecule has 3 saturated heterocycles. The minimum absolute atomic E-state index is 0.0216. The minimum atomic E-state index is -1.38. The molecule has 1 saturated carbocycles. The highest BCUT2D eigenvalue weighted by Gasteiger charge is 2.79. The summed E-state index contributed by atoms with van der Waals surface area (Å²) in [5.74, 6) is -2.59. The number of ketones is 3. The van der Waals surface area contributed by atoms with E-state index < -0.39 is 34.1 Å². The van der Waals surface area contributed by atoms with Crippen molar-refractivity contribution in [3.63, 3.8) is 0 Å². The van der Waals surface area contributed by atoms with Gasteiger partial charge in [-0.2, -0.15) is 0 Å². The fourth-order valence-electron chi connectivity index (χ4n) is 8.54. The maximum atomic E-state index is 14.4. The molecule has 1 aromatic carbocycles. The molecule has 4 fully saturated rings. The smallest absolute Gasteiger partial charge is 0.235 e. The Hall–Kier alpha value is -3.10. The van der Waals surface area contributed by atoms with E-state index in [2.05, 4.69) is 30.5 Å².